The van der Waals surface area contributed by atoms with Gasteiger partial charge < -0.3 is 9.47 Å². The molecule has 0 bridgehead atoms. The molecular formula is C24H24ClNO3. The standard InChI is InChI=1S/C24H24ClNO3/c1-3-5-24(27)29-16-21-10-8-18(15-26-21)12-17-9-11-23(28-2)22(13-17)19-6-4-7-20(25)14-19/h4,6-11,13-15H,3,5,12,16H2,1-2H3. The molecule has 3 rings (SSSR count). The number of benzene rings is 2. The van der Waals surface area contributed by atoms with E-state index in [-0.39, 0.29) is 12.6 Å². The van der Waals surface area contributed by atoms with Gasteiger partial charge in [-0.25, -0.2) is 0 Å². The summed E-state index contributed by atoms with van der Waals surface area (Å²) in [6.45, 7) is 2.16. The second-order valence-electron chi connectivity index (χ2n) is 6.79. The number of rotatable bonds is 8. The number of carbonyl (C=O) groups excluding carboxylic acids is 1. The molecule has 150 valence electrons. The largest absolute Gasteiger partial charge is 0.496 e. The summed E-state index contributed by atoms with van der Waals surface area (Å²) >= 11 is 6.16. The molecule has 0 radical (unpaired) electrons. The molecule has 29 heavy (non-hydrogen) atoms. The van der Waals surface area contributed by atoms with E-state index in [4.69, 9.17) is 21.1 Å². The van der Waals surface area contributed by atoms with Crippen molar-refractivity contribution in [1.29, 1.82) is 0 Å². The molecule has 0 aliphatic carbocycles. The topological polar surface area (TPSA) is 48.4 Å². The van der Waals surface area contributed by atoms with Crippen LogP contribution in [0.2, 0.25) is 5.02 Å². The van der Waals surface area contributed by atoms with E-state index >= 15 is 0 Å². The van der Waals surface area contributed by atoms with Crippen LogP contribution in [0.15, 0.2) is 60.8 Å². The van der Waals surface area contributed by atoms with E-state index in [9.17, 15) is 4.79 Å². The van der Waals surface area contributed by atoms with E-state index in [0.717, 1.165) is 46.5 Å². The highest BCUT2D eigenvalue weighted by molar-refractivity contribution is 6.30. The molecule has 0 fully saturated rings. The zero-order valence-electron chi connectivity index (χ0n) is 16.7. The van der Waals surface area contributed by atoms with E-state index in [1.54, 1.807) is 7.11 Å². The minimum absolute atomic E-state index is 0.190. The summed E-state index contributed by atoms with van der Waals surface area (Å²) in [5, 5.41) is 0.689. The van der Waals surface area contributed by atoms with Crippen molar-refractivity contribution in [2.24, 2.45) is 0 Å². The number of pyridine rings is 1. The van der Waals surface area contributed by atoms with Crippen LogP contribution in [0.3, 0.4) is 0 Å². The maximum absolute atomic E-state index is 11.5. The predicted octanol–water partition coefficient (Wildman–Crippen LogP) is 5.84. The number of hydrogen-bond donors (Lipinski definition) is 0. The van der Waals surface area contributed by atoms with Gasteiger partial charge >= 0.3 is 5.97 Å². The predicted molar refractivity (Wildman–Crippen MR) is 115 cm³/mol. The fourth-order valence-electron chi connectivity index (χ4n) is 3.06. The highest BCUT2D eigenvalue weighted by atomic mass is 35.5. The Balaban J connectivity index is 1.73. The van der Waals surface area contributed by atoms with Crippen LogP contribution in [-0.4, -0.2) is 18.1 Å². The van der Waals surface area contributed by atoms with Crippen LogP contribution < -0.4 is 4.74 Å². The number of hydrogen-bond acceptors (Lipinski definition) is 4. The van der Waals surface area contributed by atoms with Crippen LogP contribution >= 0.6 is 11.6 Å². The maximum Gasteiger partial charge on any atom is 0.306 e. The van der Waals surface area contributed by atoms with Gasteiger partial charge in [-0.05, 0) is 59.9 Å². The first-order chi connectivity index (χ1) is 14.1. The van der Waals surface area contributed by atoms with Crippen molar-refractivity contribution in [2.75, 3.05) is 7.11 Å². The molecule has 5 heteroatoms. The Labute approximate surface area is 176 Å². The van der Waals surface area contributed by atoms with E-state index in [0.29, 0.717) is 11.4 Å². The number of esters is 1. The van der Waals surface area contributed by atoms with Gasteiger partial charge in [0.25, 0.3) is 0 Å². The number of aromatic nitrogens is 1. The average molecular weight is 410 g/mol. The second-order valence-corrected chi connectivity index (χ2v) is 7.23. The summed E-state index contributed by atoms with van der Waals surface area (Å²) in [4.78, 5) is 15.9. The number of halogens is 1. The van der Waals surface area contributed by atoms with Crippen LogP contribution in [0.4, 0.5) is 0 Å². The van der Waals surface area contributed by atoms with Crippen molar-refractivity contribution in [3.8, 4) is 16.9 Å². The van der Waals surface area contributed by atoms with Crippen molar-refractivity contribution >= 4 is 17.6 Å². The third kappa shape index (κ3) is 5.81. The summed E-state index contributed by atoms with van der Waals surface area (Å²) in [5.74, 6) is 0.614. The van der Waals surface area contributed by atoms with Gasteiger partial charge in [0.2, 0.25) is 0 Å². The first kappa shape index (κ1) is 20.9. The van der Waals surface area contributed by atoms with Gasteiger partial charge in [-0.15, -0.1) is 0 Å². The molecule has 0 saturated carbocycles. The number of carbonyl (C=O) groups is 1. The molecule has 2 aromatic carbocycles. The third-order valence-corrected chi connectivity index (χ3v) is 4.76. The van der Waals surface area contributed by atoms with E-state index in [1.807, 2.05) is 61.7 Å². The molecule has 0 amide bonds. The van der Waals surface area contributed by atoms with Crippen LogP contribution in [-0.2, 0) is 22.6 Å². The van der Waals surface area contributed by atoms with Crippen molar-refractivity contribution in [1.82, 2.24) is 4.98 Å². The lowest BCUT2D eigenvalue weighted by molar-refractivity contribution is -0.145. The monoisotopic (exact) mass is 409 g/mol. The first-order valence-corrected chi connectivity index (χ1v) is 9.99. The first-order valence-electron chi connectivity index (χ1n) is 9.61. The van der Waals surface area contributed by atoms with Crippen LogP contribution in [0.1, 0.15) is 36.6 Å². The molecule has 0 aliphatic rings. The van der Waals surface area contributed by atoms with E-state index in [1.165, 1.54) is 0 Å². The summed E-state index contributed by atoms with van der Waals surface area (Å²) in [6.07, 6.45) is 3.78. The molecule has 0 N–H and O–H groups in total. The van der Waals surface area contributed by atoms with Gasteiger partial charge in [0.05, 0.1) is 12.8 Å². The molecule has 4 nitrogen and oxygen atoms in total. The van der Waals surface area contributed by atoms with Crippen LogP contribution in [0.5, 0.6) is 5.75 Å². The summed E-state index contributed by atoms with van der Waals surface area (Å²) in [7, 11) is 1.67. The summed E-state index contributed by atoms with van der Waals surface area (Å²) in [5.41, 5.74) is 4.98. The molecule has 0 spiro atoms. The number of methoxy groups -OCH3 is 1. The lowest BCUT2D eigenvalue weighted by Gasteiger charge is -2.12. The molecule has 3 aromatic rings. The third-order valence-electron chi connectivity index (χ3n) is 4.53. The highest BCUT2D eigenvalue weighted by Crippen LogP contribution is 2.32. The molecular weight excluding hydrogens is 386 g/mol. The van der Waals surface area contributed by atoms with Gasteiger partial charge in [0.1, 0.15) is 12.4 Å². The second kappa shape index (κ2) is 10.1. The van der Waals surface area contributed by atoms with E-state index < -0.39 is 0 Å². The minimum Gasteiger partial charge on any atom is -0.496 e. The zero-order chi connectivity index (χ0) is 20.6. The van der Waals surface area contributed by atoms with Crippen LogP contribution in [0.25, 0.3) is 11.1 Å². The smallest absolute Gasteiger partial charge is 0.306 e. The van der Waals surface area contributed by atoms with Crippen molar-refractivity contribution in [3.05, 3.63) is 82.6 Å². The van der Waals surface area contributed by atoms with Gasteiger partial charge in [-0.3, -0.25) is 9.78 Å². The average Bonchev–Trinajstić information content (AvgIpc) is 2.73. The van der Waals surface area contributed by atoms with E-state index in [2.05, 4.69) is 11.1 Å². The molecule has 1 aromatic heterocycles. The molecule has 0 saturated heterocycles. The lowest BCUT2D eigenvalue weighted by Crippen LogP contribution is -2.05. The molecule has 0 aliphatic heterocycles. The minimum atomic E-state index is -0.190. The quantitative estimate of drug-likeness (QED) is 0.438. The van der Waals surface area contributed by atoms with Crippen molar-refractivity contribution in [3.63, 3.8) is 0 Å². The number of ether oxygens (including phenoxy) is 2. The highest BCUT2D eigenvalue weighted by Gasteiger charge is 2.09. The van der Waals surface area contributed by atoms with Gasteiger partial charge in [0, 0.05) is 23.2 Å². The SMILES string of the molecule is CCCC(=O)OCc1ccc(Cc2ccc(OC)c(-c3cccc(Cl)c3)c2)cn1. The number of nitrogens with zero attached hydrogens (tertiary/aromatic N) is 1. The van der Waals surface area contributed by atoms with Gasteiger partial charge in [0.15, 0.2) is 0 Å². The van der Waals surface area contributed by atoms with Crippen molar-refractivity contribution in [2.45, 2.75) is 32.8 Å². The fraction of sp³-hybridized carbons (Fsp3) is 0.250. The summed E-state index contributed by atoms with van der Waals surface area (Å²) < 4.78 is 10.7. The Morgan fingerprint density at radius 2 is 1.90 bits per heavy atom. The van der Waals surface area contributed by atoms with Gasteiger partial charge in [-0.1, -0.05) is 42.8 Å². The maximum atomic E-state index is 11.5. The van der Waals surface area contributed by atoms with Crippen LogP contribution in [0, 0.1) is 0 Å². The Morgan fingerprint density at radius 3 is 2.59 bits per heavy atom. The fourth-order valence-corrected chi connectivity index (χ4v) is 3.25. The molecule has 0 unspecified atom stereocenters. The lowest BCUT2D eigenvalue weighted by atomic mass is 9.98. The Morgan fingerprint density at radius 1 is 1.07 bits per heavy atom. The Hall–Kier alpha value is -2.85. The Kier molecular flexibility index (Phi) is 7.25. The summed E-state index contributed by atoms with van der Waals surface area (Å²) in [6, 6.07) is 17.8. The normalized spacial score (nSPS) is 10.6. The Bertz CT molecular complexity index is 970. The van der Waals surface area contributed by atoms with Crippen molar-refractivity contribution < 1.29 is 14.3 Å². The van der Waals surface area contributed by atoms with Gasteiger partial charge in [-0.2, -0.15) is 0 Å². The molecule has 1 heterocycles. The zero-order valence-corrected chi connectivity index (χ0v) is 17.4. The molecule has 0 atom stereocenters.